The lowest BCUT2D eigenvalue weighted by molar-refractivity contribution is -0.385. The standard InChI is InChI=1S/C11H16N2O4/c1-12(2)6-7-17-9-4-5-10(13(14)15)11(8-9)16-3/h4-5,8H,6-7H2,1-3H3. The molecule has 6 heteroatoms. The van der Waals surface area contributed by atoms with Crippen LogP contribution in [-0.4, -0.2) is 44.2 Å². The number of hydrogen-bond acceptors (Lipinski definition) is 5. The molecule has 0 atom stereocenters. The van der Waals surface area contributed by atoms with Crippen molar-refractivity contribution >= 4 is 5.69 Å². The summed E-state index contributed by atoms with van der Waals surface area (Å²) >= 11 is 0. The number of methoxy groups -OCH3 is 1. The highest BCUT2D eigenvalue weighted by atomic mass is 16.6. The molecule has 0 amide bonds. The molecule has 0 bridgehead atoms. The van der Waals surface area contributed by atoms with Gasteiger partial charge in [-0.2, -0.15) is 0 Å². The Balaban J connectivity index is 2.72. The van der Waals surface area contributed by atoms with Gasteiger partial charge in [0.1, 0.15) is 12.4 Å². The molecular weight excluding hydrogens is 224 g/mol. The zero-order valence-corrected chi connectivity index (χ0v) is 10.2. The van der Waals surface area contributed by atoms with E-state index in [1.165, 1.54) is 19.2 Å². The first-order chi connectivity index (χ1) is 8.04. The van der Waals surface area contributed by atoms with Gasteiger partial charge >= 0.3 is 5.69 Å². The maximum absolute atomic E-state index is 10.7. The van der Waals surface area contributed by atoms with Crippen LogP contribution in [0.4, 0.5) is 5.69 Å². The summed E-state index contributed by atoms with van der Waals surface area (Å²) in [6, 6.07) is 4.47. The Hall–Kier alpha value is -1.82. The Kier molecular flexibility index (Phi) is 4.71. The monoisotopic (exact) mass is 240 g/mol. The Labute approximate surface area is 99.9 Å². The van der Waals surface area contributed by atoms with Crippen LogP contribution >= 0.6 is 0 Å². The number of nitrogens with zero attached hydrogens (tertiary/aromatic N) is 2. The van der Waals surface area contributed by atoms with Crippen molar-refractivity contribution in [3.05, 3.63) is 28.3 Å². The van der Waals surface area contributed by atoms with Gasteiger partial charge in [-0.1, -0.05) is 0 Å². The second kappa shape index (κ2) is 6.05. The largest absolute Gasteiger partial charge is 0.492 e. The van der Waals surface area contributed by atoms with E-state index in [-0.39, 0.29) is 11.4 Å². The maximum Gasteiger partial charge on any atom is 0.311 e. The zero-order valence-electron chi connectivity index (χ0n) is 10.2. The fourth-order valence-electron chi connectivity index (χ4n) is 1.24. The zero-order chi connectivity index (χ0) is 12.8. The molecule has 0 aromatic heterocycles. The van der Waals surface area contributed by atoms with Crippen LogP contribution in [0.3, 0.4) is 0 Å². The molecule has 0 spiro atoms. The van der Waals surface area contributed by atoms with E-state index in [1.54, 1.807) is 6.07 Å². The lowest BCUT2D eigenvalue weighted by Crippen LogP contribution is -2.19. The molecule has 0 saturated carbocycles. The molecular formula is C11H16N2O4. The Bertz CT molecular complexity index is 393. The molecule has 0 fully saturated rings. The van der Waals surface area contributed by atoms with Gasteiger partial charge in [-0.05, 0) is 20.2 Å². The van der Waals surface area contributed by atoms with Crippen LogP contribution in [0.15, 0.2) is 18.2 Å². The molecule has 6 nitrogen and oxygen atoms in total. The first kappa shape index (κ1) is 13.2. The summed E-state index contributed by atoms with van der Waals surface area (Å²) in [6.45, 7) is 1.30. The van der Waals surface area contributed by atoms with E-state index >= 15 is 0 Å². The molecule has 0 radical (unpaired) electrons. The predicted molar refractivity (Wildman–Crippen MR) is 63.7 cm³/mol. The Morgan fingerprint density at radius 1 is 1.41 bits per heavy atom. The van der Waals surface area contributed by atoms with E-state index in [4.69, 9.17) is 9.47 Å². The summed E-state index contributed by atoms with van der Waals surface area (Å²) in [7, 11) is 5.28. The number of benzene rings is 1. The fourth-order valence-corrected chi connectivity index (χ4v) is 1.24. The topological polar surface area (TPSA) is 64.8 Å². The van der Waals surface area contributed by atoms with Crippen molar-refractivity contribution in [3.63, 3.8) is 0 Å². The van der Waals surface area contributed by atoms with Gasteiger partial charge in [0.15, 0.2) is 0 Å². The van der Waals surface area contributed by atoms with Gasteiger partial charge in [-0.3, -0.25) is 10.1 Å². The van der Waals surface area contributed by atoms with E-state index in [2.05, 4.69) is 0 Å². The van der Waals surface area contributed by atoms with Crippen molar-refractivity contribution in [2.75, 3.05) is 34.4 Å². The number of hydrogen-bond donors (Lipinski definition) is 0. The third-order valence-corrected chi connectivity index (χ3v) is 2.16. The van der Waals surface area contributed by atoms with Gasteiger partial charge in [0.2, 0.25) is 5.75 Å². The first-order valence-corrected chi connectivity index (χ1v) is 5.14. The molecule has 17 heavy (non-hydrogen) atoms. The van der Waals surface area contributed by atoms with Gasteiger partial charge in [-0.15, -0.1) is 0 Å². The summed E-state index contributed by atoms with van der Waals surface area (Å²) in [5.41, 5.74) is -0.0625. The Morgan fingerprint density at radius 3 is 2.65 bits per heavy atom. The lowest BCUT2D eigenvalue weighted by atomic mass is 10.3. The normalized spacial score (nSPS) is 10.4. The van der Waals surface area contributed by atoms with Crippen LogP contribution in [0.5, 0.6) is 11.5 Å². The predicted octanol–water partition coefficient (Wildman–Crippen LogP) is 1.54. The van der Waals surface area contributed by atoms with E-state index in [0.717, 1.165) is 6.54 Å². The van der Waals surface area contributed by atoms with Crippen molar-refractivity contribution in [1.82, 2.24) is 4.90 Å². The van der Waals surface area contributed by atoms with Crippen LogP contribution < -0.4 is 9.47 Å². The smallest absolute Gasteiger partial charge is 0.311 e. The summed E-state index contributed by atoms with van der Waals surface area (Å²) in [6.07, 6.45) is 0. The first-order valence-electron chi connectivity index (χ1n) is 5.14. The van der Waals surface area contributed by atoms with Crippen molar-refractivity contribution in [2.45, 2.75) is 0 Å². The summed E-state index contributed by atoms with van der Waals surface area (Å²) in [5, 5.41) is 10.7. The SMILES string of the molecule is COc1cc(OCCN(C)C)ccc1[N+](=O)[O-]. The van der Waals surface area contributed by atoms with Gasteiger partial charge in [-0.25, -0.2) is 0 Å². The molecule has 1 aromatic rings. The number of likely N-dealkylation sites (N-methyl/N-ethyl adjacent to an activating group) is 1. The average molecular weight is 240 g/mol. The second-order valence-corrected chi connectivity index (χ2v) is 3.74. The molecule has 0 N–H and O–H groups in total. The fraction of sp³-hybridized carbons (Fsp3) is 0.455. The molecule has 1 aromatic carbocycles. The van der Waals surface area contributed by atoms with Gasteiger partial charge in [0.05, 0.1) is 12.0 Å². The minimum absolute atomic E-state index is 0.0625. The molecule has 1 rings (SSSR count). The molecule has 0 aliphatic heterocycles. The Morgan fingerprint density at radius 2 is 2.12 bits per heavy atom. The highest BCUT2D eigenvalue weighted by Crippen LogP contribution is 2.30. The van der Waals surface area contributed by atoms with Crippen LogP contribution in [-0.2, 0) is 0 Å². The minimum atomic E-state index is -0.484. The molecule has 0 saturated heterocycles. The van der Waals surface area contributed by atoms with E-state index in [0.29, 0.717) is 12.4 Å². The highest BCUT2D eigenvalue weighted by molar-refractivity contribution is 5.50. The lowest BCUT2D eigenvalue weighted by Gasteiger charge is -2.11. The summed E-state index contributed by atoms with van der Waals surface area (Å²) in [4.78, 5) is 12.2. The van der Waals surface area contributed by atoms with Crippen LogP contribution in [0.2, 0.25) is 0 Å². The molecule has 0 unspecified atom stereocenters. The quantitative estimate of drug-likeness (QED) is 0.557. The van der Waals surface area contributed by atoms with Crippen molar-refractivity contribution < 1.29 is 14.4 Å². The van der Waals surface area contributed by atoms with Crippen molar-refractivity contribution in [3.8, 4) is 11.5 Å². The van der Waals surface area contributed by atoms with E-state index in [1.807, 2.05) is 19.0 Å². The van der Waals surface area contributed by atoms with Crippen LogP contribution in [0.1, 0.15) is 0 Å². The summed E-state index contributed by atoms with van der Waals surface area (Å²) < 4.78 is 10.4. The van der Waals surface area contributed by atoms with Gasteiger partial charge in [0.25, 0.3) is 0 Å². The van der Waals surface area contributed by atoms with Crippen molar-refractivity contribution in [2.24, 2.45) is 0 Å². The summed E-state index contributed by atoms with van der Waals surface area (Å²) in [5.74, 6) is 0.770. The molecule has 0 aliphatic carbocycles. The number of rotatable bonds is 6. The molecule has 0 heterocycles. The number of nitro benzene ring substituents is 1. The average Bonchev–Trinajstić information content (AvgIpc) is 2.28. The van der Waals surface area contributed by atoms with Gasteiger partial charge in [0, 0.05) is 18.7 Å². The second-order valence-electron chi connectivity index (χ2n) is 3.74. The van der Waals surface area contributed by atoms with Gasteiger partial charge < -0.3 is 14.4 Å². The third-order valence-electron chi connectivity index (χ3n) is 2.16. The maximum atomic E-state index is 10.7. The highest BCUT2D eigenvalue weighted by Gasteiger charge is 2.14. The van der Waals surface area contributed by atoms with Crippen molar-refractivity contribution in [1.29, 1.82) is 0 Å². The number of ether oxygens (including phenoxy) is 2. The van der Waals surface area contributed by atoms with E-state index in [9.17, 15) is 10.1 Å². The van der Waals surface area contributed by atoms with E-state index < -0.39 is 4.92 Å². The number of nitro groups is 1. The molecule has 94 valence electrons. The minimum Gasteiger partial charge on any atom is -0.492 e. The van der Waals surface area contributed by atoms with Crippen LogP contribution in [0.25, 0.3) is 0 Å². The third kappa shape index (κ3) is 3.92. The molecule has 0 aliphatic rings. The van der Waals surface area contributed by atoms with Crippen LogP contribution in [0, 0.1) is 10.1 Å².